The van der Waals surface area contributed by atoms with E-state index in [-0.39, 0.29) is 28.8 Å². The molecule has 0 aliphatic rings. The van der Waals surface area contributed by atoms with Gasteiger partial charge in [0.1, 0.15) is 0 Å². The summed E-state index contributed by atoms with van der Waals surface area (Å²) < 4.78 is 23.4. The van der Waals surface area contributed by atoms with Crippen LogP contribution in [0.3, 0.4) is 0 Å². The van der Waals surface area contributed by atoms with Gasteiger partial charge in [0.25, 0.3) is 5.91 Å². The number of guanidine groups is 1. The Kier molecular flexibility index (Phi) is 8.42. The molecule has 0 bridgehead atoms. The van der Waals surface area contributed by atoms with Gasteiger partial charge in [-0.15, -0.1) is 12.4 Å². The molecule has 7 nitrogen and oxygen atoms in total. The summed E-state index contributed by atoms with van der Waals surface area (Å²) in [6, 6.07) is 15.6. The molecule has 0 heterocycles. The Morgan fingerprint density at radius 1 is 1.15 bits per heavy atom. The summed E-state index contributed by atoms with van der Waals surface area (Å²) in [5.41, 5.74) is 10.1. The third kappa shape index (κ3) is 6.35. The molecule has 2 aromatic rings. The first-order valence-corrected chi connectivity index (χ1v) is 9.86. The number of nitrogens with two attached hydrogens (primary N) is 1. The van der Waals surface area contributed by atoms with Crippen molar-refractivity contribution in [2.45, 2.75) is 11.3 Å². The number of benzene rings is 2. The van der Waals surface area contributed by atoms with Gasteiger partial charge in [-0.05, 0) is 30.2 Å². The summed E-state index contributed by atoms with van der Waals surface area (Å²) in [6.07, 6.45) is 1.78. The number of sulfone groups is 1. The molecule has 3 N–H and O–H groups in total. The minimum atomic E-state index is -3.42. The molecule has 0 unspecified atom stereocenters. The lowest BCUT2D eigenvalue weighted by atomic mass is 10.1. The molecule has 146 valence electrons. The maximum Gasteiger partial charge on any atom is 0.275 e. The Morgan fingerprint density at radius 3 is 2.41 bits per heavy atom. The quantitative estimate of drug-likeness (QED) is 0.428. The van der Waals surface area contributed by atoms with Crippen LogP contribution in [0.5, 0.6) is 0 Å². The zero-order valence-electron chi connectivity index (χ0n) is 15.1. The first kappa shape index (κ1) is 22.6. The number of aliphatic imine (C=N–C) groups is 1. The smallest absolute Gasteiger partial charge is 0.275 e. The standard InChI is InChI=1S/C18H22N4O3S.ClH/c1-20-18(19)22(21-12-11-14-7-4-3-5-8-14)17(23)15-9-6-10-16(13-15)26(2,24)25;/h3-10,13,21H,11-12H2,1-2H3,(H2,19,20);1H. The van der Waals surface area contributed by atoms with Gasteiger partial charge in [-0.1, -0.05) is 36.4 Å². The molecule has 0 saturated heterocycles. The molecule has 0 fully saturated rings. The Bertz CT molecular complexity index is 902. The van der Waals surface area contributed by atoms with E-state index < -0.39 is 15.7 Å². The number of carbonyl (C=O) groups excluding carboxylic acids is 1. The summed E-state index contributed by atoms with van der Waals surface area (Å²) in [5.74, 6) is -0.487. The molecule has 0 spiro atoms. The van der Waals surface area contributed by atoms with E-state index in [9.17, 15) is 13.2 Å². The zero-order valence-corrected chi connectivity index (χ0v) is 16.8. The lowest BCUT2D eigenvalue weighted by molar-refractivity contribution is 0.0789. The fraction of sp³-hybridized carbons (Fsp3) is 0.222. The van der Waals surface area contributed by atoms with Gasteiger partial charge in [0.15, 0.2) is 9.84 Å². The molecule has 0 aliphatic heterocycles. The molecule has 1 amide bonds. The van der Waals surface area contributed by atoms with Gasteiger partial charge in [-0.2, -0.15) is 0 Å². The Hall–Kier alpha value is -2.42. The second kappa shape index (κ2) is 10.1. The van der Waals surface area contributed by atoms with Crippen molar-refractivity contribution in [3.05, 3.63) is 65.7 Å². The summed E-state index contributed by atoms with van der Waals surface area (Å²) in [4.78, 5) is 16.7. The predicted molar refractivity (Wildman–Crippen MR) is 109 cm³/mol. The molecule has 0 atom stereocenters. The third-order valence-electron chi connectivity index (χ3n) is 3.70. The van der Waals surface area contributed by atoms with Crippen molar-refractivity contribution in [2.24, 2.45) is 10.7 Å². The molecule has 2 rings (SSSR count). The second-order valence-corrected chi connectivity index (χ2v) is 7.68. The van der Waals surface area contributed by atoms with E-state index in [0.717, 1.165) is 16.8 Å². The van der Waals surface area contributed by atoms with Crippen molar-refractivity contribution in [1.82, 2.24) is 10.4 Å². The fourth-order valence-corrected chi connectivity index (χ4v) is 2.97. The summed E-state index contributed by atoms with van der Waals surface area (Å²) in [7, 11) is -1.94. The van der Waals surface area contributed by atoms with Gasteiger partial charge < -0.3 is 5.73 Å². The van der Waals surface area contributed by atoms with Crippen LogP contribution >= 0.6 is 12.4 Å². The van der Waals surface area contributed by atoms with Gasteiger partial charge in [0.2, 0.25) is 5.96 Å². The topological polar surface area (TPSA) is 105 Å². The molecule has 0 aromatic heterocycles. The number of nitrogens with one attached hydrogen (secondary N) is 1. The van der Waals surface area contributed by atoms with E-state index in [1.54, 1.807) is 0 Å². The van der Waals surface area contributed by atoms with Crippen molar-refractivity contribution in [2.75, 3.05) is 19.8 Å². The lowest BCUT2D eigenvalue weighted by Crippen LogP contribution is -2.51. The van der Waals surface area contributed by atoms with E-state index in [1.165, 1.54) is 31.3 Å². The van der Waals surface area contributed by atoms with E-state index in [0.29, 0.717) is 13.0 Å². The van der Waals surface area contributed by atoms with Crippen molar-refractivity contribution in [1.29, 1.82) is 0 Å². The van der Waals surface area contributed by atoms with Crippen LogP contribution in [-0.2, 0) is 16.3 Å². The number of amides is 1. The summed E-state index contributed by atoms with van der Waals surface area (Å²) >= 11 is 0. The van der Waals surface area contributed by atoms with Crippen LogP contribution in [0.25, 0.3) is 0 Å². The predicted octanol–water partition coefficient (Wildman–Crippen LogP) is 1.65. The minimum Gasteiger partial charge on any atom is -0.368 e. The maximum atomic E-state index is 12.8. The fourth-order valence-electron chi connectivity index (χ4n) is 2.30. The van der Waals surface area contributed by atoms with E-state index in [1.807, 2.05) is 30.3 Å². The highest BCUT2D eigenvalue weighted by atomic mass is 35.5. The van der Waals surface area contributed by atoms with Crippen LogP contribution in [0.4, 0.5) is 0 Å². The number of hydrogen-bond donors (Lipinski definition) is 2. The van der Waals surface area contributed by atoms with Gasteiger partial charge in [0, 0.05) is 25.4 Å². The van der Waals surface area contributed by atoms with Crippen LogP contribution in [0.1, 0.15) is 15.9 Å². The Labute approximate surface area is 165 Å². The monoisotopic (exact) mass is 410 g/mol. The minimum absolute atomic E-state index is 0. The Balaban J connectivity index is 0.00000364. The SMILES string of the molecule is CN=C(N)N(NCCc1ccccc1)C(=O)c1cccc(S(C)(=O)=O)c1.Cl. The van der Waals surface area contributed by atoms with Crippen LogP contribution in [0.15, 0.2) is 64.5 Å². The zero-order chi connectivity index (χ0) is 19.2. The van der Waals surface area contributed by atoms with Gasteiger partial charge in [-0.3, -0.25) is 9.79 Å². The molecule has 2 aromatic carbocycles. The van der Waals surface area contributed by atoms with E-state index in [4.69, 9.17) is 5.73 Å². The highest BCUT2D eigenvalue weighted by Gasteiger charge is 2.20. The van der Waals surface area contributed by atoms with Crippen molar-refractivity contribution in [3.63, 3.8) is 0 Å². The van der Waals surface area contributed by atoms with Gasteiger partial charge in [-0.25, -0.2) is 18.9 Å². The number of carbonyl (C=O) groups is 1. The number of hydrogen-bond acceptors (Lipinski definition) is 5. The number of nitrogens with zero attached hydrogens (tertiary/aromatic N) is 2. The number of halogens is 1. The third-order valence-corrected chi connectivity index (χ3v) is 4.81. The second-order valence-electron chi connectivity index (χ2n) is 5.67. The first-order chi connectivity index (χ1) is 12.3. The maximum absolute atomic E-state index is 12.8. The highest BCUT2D eigenvalue weighted by Crippen LogP contribution is 2.13. The molecular formula is C18H23ClN4O3S. The highest BCUT2D eigenvalue weighted by molar-refractivity contribution is 7.90. The lowest BCUT2D eigenvalue weighted by Gasteiger charge is -2.22. The molecular weight excluding hydrogens is 388 g/mol. The molecule has 0 saturated carbocycles. The van der Waals surface area contributed by atoms with E-state index in [2.05, 4.69) is 10.4 Å². The van der Waals surface area contributed by atoms with Gasteiger partial charge >= 0.3 is 0 Å². The van der Waals surface area contributed by atoms with E-state index >= 15 is 0 Å². The normalized spacial score (nSPS) is 11.6. The average Bonchev–Trinajstić information content (AvgIpc) is 2.64. The van der Waals surface area contributed by atoms with Crippen LogP contribution in [-0.4, -0.2) is 45.1 Å². The molecule has 0 aliphatic carbocycles. The Morgan fingerprint density at radius 2 is 1.81 bits per heavy atom. The summed E-state index contributed by atoms with van der Waals surface area (Å²) in [6.45, 7) is 0.456. The molecule has 27 heavy (non-hydrogen) atoms. The molecule has 9 heteroatoms. The number of rotatable bonds is 6. The molecule has 0 radical (unpaired) electrons. The number of hydrazine groups is 1. The average molecular weight is 411 g/mol. The largest absolute Gasteiger partial charge is 0.368 e. The van der Waals surface area contributed by atoms with Crippen molar-refractivity contribution >= 4 is 34.1 Å². The van der Waals surface area contributed by atoms with Crippen LogP contribution in [0.2, 0.25) is 0 Å². The van der Waals surface area contributed by atoms with Crippen molar-refractivity contribution < 1.29 is 13.2 Å². The van der Waals surface area contributed by atoms with Gasteiger partial charge in [0.05, 0.1) is 4.90 Å². The first-order valence-electron chi connectivity index (χ1n) is 7.97. The summed E-state index contributed by atoms with van der Waals surface area (Å²) in [5, 5.41) is 1.13. The van der Waals surface area contributed by atoms with Crippen LogP contribution < -0.4 is 11.2 Å². The van der Waals surface area contributed by atoms with Crippen LogP contribution in [0, 0.1) is 0 Å². The van der Waals surface area contributed by atoms with Crippen molar-refractivity contribution in [3.8, 4) is 0 Å².